The summed E-state index contributed by atoms with van der Waals surface area (Å²) in [6.07, 6.45) is 5.73. The standard InChI is InChI=1S/C9H13FO/c1-4-8(2)5-6-9(7-10)11-3/h4-7H,1-3H3/b6-5-,8-4-,9-7-. The lowest BCUT2D eigenvalue weighted by Gasteiger charge is -1.95. The minimum absolute atomic E-state index is 0.228. The van der Waals surface area contributed by atoms with Crippen LogP contribution in [0.1, 0.15) is 13.8 Å². The first-order valence-corrected chi connectivity index (χ1v) is 3.40. The maximum atomic E-state index is 11.9. The zero-order chi connectivity index (χ0) is 8.69. The van der Waals surface area contributed by atoms with Crippen molar-refractivity contribution in [3.8, 4) is 0 Å². The summed E-state index contributed by atoms with van der Waals surface area (Å²) in [6.45, 7) is 3.85. The Hall–Kier alpha value is -1.05. The summed E-state index contributed by atoms with van der Waals surface area (Å²) in [7, 11) is 1.43. The number of hydrogen-bond acceptors (Lipinski definition) is 1. The maximum absolute atomic E-state index is 11.9. The number of ether oxygens (including phenoxy) is 1. The van der Waals surface area contributed by atoms with Gasteiger partial charge in [0.05, 0.1) is 7.11 Å². The van der Waals surface area contributed by atoms with Crippen molar-refractivity contribution in [2.45, 2.75) is 13.8 Å². The monoisotopic (exact) mass is 156 g/mol. The Morgan fingerprint density at radius 1 is 1.36 bits per heavy atom. The summed E-state index contributed by atoms with van der Waals surface area (Å²) in [5, 5.41) is 0. The zero-order valence-electron chi connectivity index (χ0n) is 7.10. The van der Waals surface area contributed by atoms with Crippen molar-refractivity contribution < 1.29 is 9.13 Å². The van der Waals surface area contributed by atoms with Crippen molar-refractivity contribution in [2.75, 3.05) is 7.11 Å². The van der Waals surface area contributed by atoms with Crippen LogP contribution in [0, 0.1) is 0 Å². The van der Waals surface area contributed by atoms with E-state index >= 15 is 0 Å². The van der Waals surface area contributed by atoms with Crippen LogP contribution < -0.4 is 0 Å². The minimum atomic E-state index is 0.228. The van der Waals surface area contributed by atoms with E-state index < -0.39 is 0 Å². The van der Waals surface area contributed by atoms with E-state index in [9.17, 15) is 4.39 Å². The summed E-state index contributed by atoms with van der Waals surface area (Å²) in [5.74, 6) is 0.228. The molecule has 0 spiro atoms. The van der Waals surface area contributed by atoms with Gasteiger partial charge in [-0.15, -0.1) is 0 Å². The first kappa shape index (κ1) is 9.95. The molecule has 62 valence electrons. The first-order valence-electron chi connectivity index (χ1n) is 3.40. The van der Waals surface area contributed by atoms with E-state index in [1.165, 1.54) is 7.11 Å². The summed E-state index contributed by atoms with van der Waals surface area (Å²) in [4.78, 5) is 0. The molecule has 0 saturated carbocycles. The third-order valence-corrected chi connectivity index (χ3v) is 1.31. The molecule has 11 heavy (non-hydrogen) atoms. The van der Waals surface area contributed by atoms with Gasteiger partial charge in [-0.25, -0.2) is 4.39 Å². The van der Waals surface area contributed by atoms with Gasteiger partial charge in [0.2, 0.25) is 0 Å². The fourth-order valence-electron chi connectivity index (χ4n) is 0.459. The number of hydrogen-bond donors (Lipinski definition) is 0. The number of allylic oxidation sites excluding steroid dienone is 4. The van der Waals surface area contributed by atoms with Crippen molar-refractivity contribution in [1.82, 2.24) is 0 Å². The van der Waals surface area contributed by atoms with Crippen molar-refractivity contribution in [2.24, 2.45) is 0 Å². The van der Waals surface area contributed by atoms with Crippen LogP contribution in [0.3, 0.4) is 0 Å². The Kier molecular flexibility index (Phi) is 5.17. The maximum Gasteiger partial charge on any atom is 0.147 e. The molecule has 0 N–H and O–H groups in total. The molecule has 0 aromatic rings. The number of rotatable bonds is 3. The van der Waals surface area contributed by atoms with E-state index in [4.69, 9.17) is 0 Å². The quantitative estimate of drug-likeness (QED) is 0.451. The van der Waals surface area contributed by atoms with Crippen molar-refractivity contribution >= 4 is 0 Å². The van der Waals surface area contributed by atoms with Gasteiger partial charge in [0.1, 0.15) is 12.1 Å². The molecule has 0 aliphatic carbocycles. The summed E-state index contributed by atoms with van der Waals surface area (Å²) < 4.78 is 16.5. The predicted molar refractivity (Wildman–Crippen MR) is 44.8 cm³/mol. The molecule has 0 amide bonds. The lowest BCUT2D eigenvalue weighted by Crippen LogP contribution is -1.79. The lowest BCUT2D eigenvalue weighted by molar-refractivity contribution is 0.298. The van der Waals surface area contributed by atoms with E-state index in [0.29, 0.717) is 6.33 Å². The normalized spacial score (nSPS) is 14.2. The molecule has 0 radical (unpaired) electrons. The average Bonchev–Trinajstić information content (AvgIpc) is 2.06. The van der Waals surface area contributed by atoms with Gasteiger partial charge in [0, 0.05) is 0 Å². The SMILES string of the molecule is C\C=C(C)/C=C\C(=C\F)OC. The zero-order valence-corrected chi connectivity index (χ0v) is 7.10. The van der Waals surface area contributed by atoms with Gasteiger partial charge in [0.25, 0.3) is 0 Å². The third kappa shape index (κ3) is 4.37. The predicted octanol–water partition coefficient (Wildman–Crippen LogP) is 2.97. The molecular formula is C9H13FO. The highest BCUT2D eigenvalue weighted by Crippen LogP contribution is 2.01. The molecular weight excluding hydrogens is 143 g/mol. The van der Waals surface area contributed by atoms with Crippen molar-refractivity contribution in [3.63, 3.8) is 0 Å². The van der Waals surface area contributed by atoms with Crippen LogP contribution in [0.15, 0.2) is 35.9 Å². The van der Waals surface area contributed by atoms with Crippen LogP contribution in [0.2, 0.25) is 0 Å². The van der Waals surface area contributed by atoms with Crippen LogP contribution in [0.25, 0.3) is 0 Å². The molecule has 2 heteroatoms. The Morgan fingerprint density at radius 2 is 2.00 bits per heavy atom. The molecule has 0 rings (SSSR count). The lowest BCUT2D eigenvalue weighted by atomic mass is 10.2. The van der Waals surface area contributed by atoms with Crippen molar-refractivity contribution in [1.29, 1.82) is 0 Å². The Morgan fingerprint density at radius 3 is 2.36 bits per heavy atom. The van der Waals surface area contributed by atoms with Crippen LogP contribution >= 0.6 is 0 Å². The first-order chi connectivity index (χ1) is 5.24. The van der Waals surface area contributed by atoms with Crippen LogP contribution in [-0.2, 0) is 4.74 Å². The second-order valence-electron chi connectivity index (χ2n) is 2.08. The molecule has 0 aromatic carbocycles. The van der Waals surface area contributed by atoms with Crippen LogP contribution in [0.5, 0.6) is 0 Å². The summed E-state index contributed by atoms with van der Waals surface area (Å²) >= 11 is 0. The molecule has 0 fully saturated rings. The van der Waals surface area contributed by atoms with E-state index in [0.717, 1.165) is 5.57 Å². The Labute approximate surface area is 66.9 Å². The molecule has 0 heterocycles. The van der Waals surface area contributed by atoms with Gasteiger partial charge in [0.15, 0.2) is 0 Å². The highest BCUT2D eigenvalue weighted by molar-refractivity contribution is 5.21. The van der Waals surface area contributed by atoms with Crippen molar-refractivity contribution in [3.05, 3.63) is 35.9 Å². The minimum Gasteiger partial charge on any atom is -0.494 e. The Balaban J connectivity index is 4.12. The van der Waals surface area contributed by atoms with Gasteiger partial charge in [-0.1, -0.05) is 17.7 Å². The van der Waals surface area contributed by atoms with E-state index in [1.807, 2.05) is 19.9 Å². The second-order valence-corrected chi connectivity index (χ2v) is 2.08. The fraction of sp³-hybridized carbons (Fsp3) is 0.333. The van der Waals surface area contributed by atoms with Crippen LogP contribution in [-0.4, -0.2) is 7.11 Å². The summed E-state index contributed by atoms with van der Waals surface area (Å²) in [6, 6.07) is 0. The smallest absolute Gasteiger partial charge is 0.147 e. The molecule has 0 atom stereocenters. The molecule has 0 aromatic heterocycles. The molecule has 0 aliphatic rings. The number of methoxy groups -OCH3 is 1. The Bertz CT molecular complexity index is 190. The third-order valence-electron chi connectivity index (χ3n) is 1.31. The average molecular weight is 156 g/mol. The largest absolute Gasteiger partial charge is 0.494 e. The van der Waals surface area contributed by atoms with E-state index in [1.54, 1.807) is 12.2 Å². The van der Waals surface area contributed by atoms with Gasteiger partial charge < -0.3 is 4.74 Å². The summed E-state index contributed by atoms with van der Waals surface area (Å²) in [5.41, 5.74) is 1.07. The molecule has 0 saturated heterocycles. The molecule has 0 unspecified atom stereocenters. The fourth-order valence-corrected chi connectivity index (χ4v) is 0.459. The van der Waals surface area contributed by atoms with Gasteiger partial charge in [-0.2, -0.15) is 0 Å². The van der Waals surface area contributed by atoms with E-state index in [-0.39, 0.29) is 5.76 Å². The molecule has 0 bridgehead atoms. The van der Waals surface area contributed by atoms with Gasteiger partial charge >= 0.3 is 0 Å². The number of halogens is 1. The van der Waals surface area contributed by atoms with E-state index in [2.05, 4.69) is 4.74 Å². The molecule has 0 aliphatic heterocycles. The highest BCUT2D eigenvalue weighted by atomic mass is 19.1. The topological polar surface area (TPSA) is 9.23 Å². The molecule has 1 nitrogen and oxygen atoms in total. The van der Waals surface area contributed by atoms with Gasteiger partial charge in [-0.05, 0) is 19.9 Å². The second kappa shape index (κ2) is 5.71. The van der Waals surface area contributed by atoms with Gasteiger partial charge in [-0.3, -0.25) is 0 Å². The van der Waals surface area contributed by atoms with Crippen LogP contribution in [0.4, 0.5) is 4.39 Å². The highest BCUT2D eigenvalue weighted by Gasteiger charge is 1.86.